The predicted molar refractivity (Wildman–Crippen MR) is 57.9 cm³/mol. The van der Waals surface area contributed by atoms with E-state index in [-0.39, 0.29) is 24.9 Å². The molecular weight excluding hydrogens is 224 g/mol. The van der Waals surface area contributed by atoms with Crippen LogP contribution in [-0.2, 0) is 6.54 Å². The van der Waals surface area contributed by atoms with Gasteiger partial charge in [0.25, 0.3) is 0 Å². The number of piperidine rings is 1. The van der Waals surface area contributed by atoms with Gasteiger partial charge in [-0.15, -0.1) is 0 Å². The Morgan fingerprint density at radius 2 is 2.24 bits per heavy atom. The number of amides is 1. The smallest absolute Gasteiger partial charge is 0.316 e. The third-order valence-corrected chi connectivity index (χ3v) is 2.99. The number of rotatable bonds is 3. The Hall–Kier alpha value is -1.47. The second kappa shape index (κ2) is 5.24. The van der Waals surface area contributed by atoms with E-state index in [2.05, 4.69) is 10.1 Å². The van der Waals surface area contributed by atoms with E-state index < -0.39 is 0 Å². The van der Waals surface area contributed by atoms with Crippen molar-refractivity contribution in [2.45, 2.75) is 19.4 Å². The monoisotopic (exact) mass is 240 g/mol. The lowest BCUT2D eigenvalue weighted by Gasteiger charge is -2.29. The fourth-order valence-electron chi connectivity index (χ4n) is 1.88. The van der Waals surface area contributed by atoms with Crippen LogP contribution in [0.5, 0.6) is 0 Å². The van der Waals surface area contributed by atoms with E-state index in [1.165, 1.54) is 0 Å². The lowest BCUT2D eigenvalue weighted by molar-refractivity contribution is 0.0603. The van der Waals surface area contributed by atoms with Crippen LogP contribution in [0.3, 0.4) is 0 Å². The summed E-state index contributed by atoms with van der Waals surface area (Å²) in [7, 11) is 0. The fourth-order valence-corrected chi connectivity index (χ4v) is 1.88. The first kappa shape index (κ1) is 12.0. The normalized spacial score (nSPS) is 17.4. The Morgan fingerprint density at radius 1 is 1.53 bits per heavy atom. The molecule has 3 N–H and O–H groups in total. The van der Waals surface area contributed by atoms with Crippen LogP contribution in [0.15, 0.2) is 4.52 Å². The zero-order valence-corrected chi connectivity index (χ0v) is 9.50. The van der Waals surface area contributed by atoms with Crippen molar-refractivity contribution in [1.29, 1.82) is 0 Å². The Balaban J connectivity index is 1.96. The van der Waals surface area contributed by atoms with Crippen molar-refractivity contribution in [2.24, 2.45) is 11.7 Å². The zero-order valence-electron chi connectivity index (χ0n) is 9.50. The summed E-state index contributed by atoms with van der Waals surface area (Å²) in [6, 6.07) is 0. The summed E-state index contributed by atoms with van der Waals surface area (Å²) in [5.74, 6) is 0.362. The molecule has 1 fully saturated rings. The first-order chi connectivity index (χ1) is 8.24. The largest absolute Gasteiger partial charge is 0.396 e. The molecule has 94 valence electrons. The molecule has 1 amide bonds. The highest BCUT2D eigenvalue weighted by Gasteiger charge is 2.26. The Morgan fingerprint density at radius 3 is 2.76 bits per heavy atom. The molecule has 0 unspecified atom stereocenters. The molecule has 0 atom stereocenters. The van der Waals surface area contributed by atoms with Gasteiger partial charge in [-0.1, -0.05) is 5.16 Å². The molecule has 17 heavy (non-hydrogen) atoms. The third-order valence-electron chi connectivity index (χ3n) is 2.99. The van der Waals surface area contributed by atoms with Gasteiger partial charge in [0, 0.05) is 19.7 Å². The van der Waals surface area contributed by atoms with Gasteiger partial charge in [0.1, 0.15) is 0 Å². The Labute approximate surface area is 98.6 Å². The summed E-state index contributed by atoms with van der Waals surface area (Å²) in [6.45, 7) is 1.57. The lowest BCUT2D eigenvalue weighted by atomic mass is 9.98. The average Bonchev–Trinajstić information content (AvgIpc) is 2.87. The standard InChI is InChI=1S/C10H16N4O3/c11-5-8-12-9(17-13-8)10(16)14-3-1-7(6-15)2-4-14/h7,15H,1-6,11H2. The molecule has 0 spiro atoms. The van der Waals surface area contributed by atoms with Crippen LogP contribution in [0, 0.1) is 5.92 Å². The van der Waals surface area contributed by atoms with Gasteiger partial charge in [0.15, 0.2) is 5.82 Å². The number of aromatic nitrogens is 2. The van der Waals surface area contributed by atoms with Crippen LogP contribution in [-0.4, -0.2) is 45.8 Å². The molecular formula is C10H16N4O3. The van der Waals surface area contributed by atoms with Crippen molar-refractivity contribution >= 4 is 5.91 Å². The number of hydrogen-bond acceptors (Lipinski definition) is 6. The fraction of sp³-hybridized carbons (Fsp3) is 0.700. The SMILES string of the molecule is NCc1noc(C(=O)N2CCC(CO)CC2)n1. The van der Waals surface area contributed by atoms with E-state index >= 15 is 0 Å². The van der Waals surface area contributed by atoms with Gasteiger partial charge < -0.3 is 20.3 Å². The molecule has 2 heterocycles. The maximum atomic E-state index is 12.0. The van der Waals surface area contributed by atoms with Gasteiger partial charge in [0.05, 0.1) is 6.54 Å². The minimum atomic E-state index is -0.256. The van der Waals surface area contributed by atoms with Gasteiger partial charge in [-0.3, -0.25) is 4.79 Å². The van der Waals surface area contributed by atoms with Crippen molar-refractivity contribution in [2.75, 3.05) is 19.7 Å². The van der Waals surface area contributed by atoms with E-state index in [0.29, 0.717) is 24.8 Å². The molecule has 0 bridgehead atoms. The van der Waals surface area contributed by atoms with Gasteiger partial charge in [-0.2, -0.15) is 4.98 Å². The molecule has 1 aliphatic heterocycles. The van der Waals surface area contributed by atoms with E-state index in [0.717, 1.165) is 12.8 Å². The van der Waals surface area contributed by atoms with Crippen LogP contribution < -0.4 is 5.73 Å². The summed E-state index contributed by atoms with van der Waals surface area (Å²) < 4.78 is 4.84. The highest BCUT2D eigenvalue weighted by molar-refractivity contribution is 5.89. The van der Waals surface area contributed by atoms with Crippen molar-refractivity contribution in [3.05, 3.63) is 11.7 Å². The average molecular weight is 240 g/mol. The summed E-state index contributed by atoms with van der Waals surface area (Å²) >= 11 is 0. The van der Waals surface area contributed by atoms with Gasteiger partial charge in [-0.05, 0) is 18.8 Å². The van der Waals surface area contributed by atoms with E-state index in [4.69, 9.17) is 15.4 Å². The molecule has 2 rings (SSSR count). The third kappa shape index (κ3) is 2.62. The van der Waals surface area contributed by atoms with E-state index in [1.807, 2.05) is 0 Å². The molecule has 1 aromatic heterocycles. The van der Waals surface area contributed by atoms with Gasteiger partial charge in [-0.25, -0.2) is 0 Å². The molecule has 1 aromatic rings. The maximum absolute atomic E-state index is 12.0. The topological polar surface area (TPSA) is 105 Å². The van der Waals surface area contributed by atoms with Crippen LogP contribution in [0.1, 0.15) is 29.4 Å². The first-order valence-electron chi connectivity index (χ1n) is 5.67. The summed E-state index contributed by atoms with van der Waals surface area (Å²) in [6.07, 6.45) is 1.61. The Kier molecular flexibility index (Phi) is 3.70. The summed E-state index contributed by atoms with van der Waals surface area (Å²) in [5.41, 5.74) is 5.34. The van der Waals surface area contributed by atoms with Crippen LogP contribution in [0.25, 0.3) is 0 Å². The summed E-state index contributed by atoms with van der Waals surface area (Å²) in [5, 5.41) is 12.6. The number of aliphatic hydroxyl groups excluding tert-OH is 1. The second-order valence-corrected chi connectivity index (χ2v) is 4.14. The molecule has 0 aliphatic carbocycles. The highest BCUT2D eigenvalue weighted by atomic mass is 16.5. The highest BCUT2D eigenvalue weighted by Crippen LogP contribution is 2.17. The molecule has 0 saturated carbocycles. The first-order valence-corrected chi connectivity index (χ1v) is 5.67. The molecule has 0 radical (unpaired) electrons. The molecule has 7 heteroatoms. The van der Waals surface area contributed by atoms with Crippen molar-refractivity contribution < 1.29 is 14.4 Å². The molecule has 7 nitrogen and oxygen atoms in total. The van der Waals surface area contributed by atoms with Crippen LogP contribution in [0.4, 0.5) is 0 Å². The van der Waals surface area contributed by atoms with E-state index in [9.17, 15) is 4.79 Å². The maximum Gasteiger partial charge on any atom is 0.316 e. The number of nitrogens with zero attached hydrogens (tertiary/aromatic N) is 3. The van der Waals surface area contributed by atoms with Crippen molar-refractivity contribution in [3.8, 4) is 0 Å². The van der Waals surface area contributed by atoms with Crippen molar-refractivity contribution in [3.63, 3.8) is 0 Å². The second-order valence-electron chi connectivity index (χ2n) is 4.14. The van der Waals surface area contributed by atoms with Crippen molar-refractivity contribution in [1.82, 2.24) is 15.0 Å². The number of hydrogen-bond donors (Lipinski definition) is 2. The van der Waals surface area contributed by atoms with Gasteiger partial charge in [0.2, 0.25) is 0 Å². The van der Waals surface area contributed by atoms with E-state index in [1.54, 1.807) is 4.90 Å². The minimum Gasteiger partial charge on any atom is -0.396 e. The zero-order chi connectivity index (χ0) is 12.3. The summed E-state index contributed by atoms with van der Waals surface area (Å²) in [4.78, 5) is 17.5. The number of nitrogens with two attached hydrogens (primary N) is 1. The minimum absolute atomic E-state index is 0.00658. The molecule has 1 aliphatic rings. The molecule has 0 aromatic carbocycles. The molecule has 1 saturated heterocycles. The number of carbonyl (C=O) groups is 1. The lowest BCUT2D eigenvalue weighted by Crippen LogP contribution is -2.39. The number of carbonyl (C=O) groups excluding carboxylic acids is 1. The Bertz CT molecular complexity index is 385. The van der Waals surface area contributed by atoms with Crippen LogP contribution in [0.2, 0.25) is 0 Å². The number of likely N-dealkylation sites (tertiary alicyclic amines) is 1. The van der Waals surface area contributed by atoms with Crippen LogP contribution >= 0.6 is 0 Å². The van der Waals surface area contributed by atoms with Gasteiger partial charge >= 0.3 is 11.8 Å². The number of aliphatic hydroxyl groups is 1. The predicted octanol–water partition coefficient (Wildman–Crippen LogP) is -0.627. The quantitative estimate of drug-likeness (QED) is 0.729.